The molecule has 1 heterocycles. The number of fused-ring (bicyclic) bond motifs is 1. The van der Waals surface area contributed by atoms with E-state index >= 15 is 0 Å². The molecular formula is C17H25NO. The molecule has 0 aliphatic carbocycles. The van der Waals surface area contributed by atoms with Gasteiger partial charge >= 0.3 is 0 Å². The van der Waals surface area contributed by atoms with Crippen LogP contribution in [-0.2, 0) is 6.54 Å². The monoisotopic (exact) mass is 259 g/mol. The summed E-state index contributed by atoms with van der Waals surface area (Å²) in [7, 11) is 0. The first-order valence-electron chi connectivity index (χ1n) is 7.26. The van der Waals surface area contributed by atoms with Crippen molar-refractivity contribution in [1.82, 2.24) is 5.32 Å². The van der Waals surface area contributed by atoms with Gasteiger partial charge in [-0.15, -0.1) is 0 Å². The normalized spacial score (nSPS) is 12.2. The van der Waals surface area contributed by atoms with Crippen molar-refractivity contribution >= 4 is 11.0 Å². The first-order valence-corrected chi connectivity index (χ1v) is 7.26. The highest BCUT2D eigenvalue weighted by Gasteiger charge is 2.16. The van der Waals surface area contributed by atoms with Crippen LogP contribution >= 0.6 is 0 Å². The van der Waals surface area contributed by atoms with Crippen LogP contribution < -0.4 is 5.32 Å². The van der Waals surface area contributed by atoms with Gasteiger partial charge < -0.3 is 9.73 Å². The van der Waals surface area contributed by atoms with Crippen molar-refractivity contribution in [1.29, 1.82) is 0 Å². The van der Waals surface area contributed by atoms with E-state index in [2.05, 4.69) is 45.1 Å². The fraction of sp³-hybridized carbons (Fsp3) is 0.529. The second kappa shape index (κ2) is 6.25. The van der Waals surface area contributed by atoms with Gasteiger partial charge in [-0.1, -0.05) is 45.9 Å². The molecule has 0 aliphatic rings. The highest BCUT2D eigenvalue weighted by atomic mass is 16.3. The lowest BCUT2D eigenvalue weighted by molar-refractivity contribution is 0.273. The first kappa shape index (κ1) is 14.1. The molecule has 0 amide bonds. The number of hydrogen-bond acceptors (Lipinski definition) is 2. The van der Waals surface area contributed by atoms with Crippen molar-refractivity contribution in [2.75, 3.05) is 6.54 Å². The van der Waals surface area contributed by atoms with Crippen molar-refractivity contribution in [2.45, 2.75) is 34.2 Å². The summed E-state index contributed by atoms with van der Waals surface area (Å²) in [6, 6.07) is 10.3. The molecule has 0 radical (unpaired) electrons. The van der Waals surface area contributed by atoms with E-state index in [1.807, 2.05) is 18.2 Å². The van der Waals surface area contributed by atoms with Gasteiger partial charge in [0, 0.05) is 5.39 Å². The summed E-state index contributed by atoms with van der Waals surface area (Å²) in [4.78, 5) is 0. The van der Waals surface area contributed by atoms with E-state index < -0.39 is 0 Å². The van der Waals surface area contributed by atoms with Crippen LogP contribution in [0, 0.1) is 17.8 Å². The summed E-state index contributed by atoms with van der Waals surface area (Å²) >= 11 is 0. The topological polar surface area (TPSA) is 25.2 Å². The standard InChI is InChI=1S/C17H25NO/c1-12(2)16(13(3)4)11-18-10-15-9-14-7-5-6-8-17(14)19-15/h5-9,12-13,16,18H,10-11H2,1-4H3. The largest absolute Gasteiger partial charge is 0.460 e. The number of furan rings is 1. The second-order valence-corrected chi connectivity index (χ2v) is 6.03. The molecule has 2 aromatic rings. The Kier molecular flexibility index (Phi) is 4.65. The number of benzene rings is 1. The Bertz CT molecular complexity index is 472. The molecule has 1 aromatic heterocycles. The Morgan fingerprint density at radius 3 is 2.37 bits per heavy atom. The lowest BCUT2D eigenvalue weighted by Crippen LogP contribution is -2.29. The van der Waals surface area contributed by atoms with E-state index in [9.17, 15) is 0 Å². The van der Waals surface area contributed by atoms with E-state index in [-0.39, 0.29) is 0 Å². The summed E-state index contributed by atoms with van der Waals surface area (Å²) < 4.78 is 5.81. The van der Waals surface area contributed by atoms with Gasteiger partial charge in [0.05, 0.1) is 6.54 Å². The number of nitrogens with one attached hydrogen (secondary N) is 1. The third-order valence-electron chi connectivity index (χ3n) is 3.87. The molecule has 2 rings (SSSR count). The lowest BCUT2D eigenvalue weighted by Gasteiger charge is -2.24. The smallest absolute Gasteiger partial charge is 0.134 e. The molecule has 0 bridgehead atoms. The Morgan fingerprint density at radius 1 is 1.05 bits per heavy atom. The minimum absolute atomic E-state index is 0.711. The minimum atomic E-state index is 0.711. The van der Waals surface area contributed by atoms with Gasteiger partial charge in [0.15, 0.2) is 0 Å². The van der Waals surface area contributed by atoms with Gasteiger partial charge in [-0.3, -0.25) is 0 Å². The maximum Gasteiger partial charge on any atom is 0.134 e. The van der Waals surface area contributed by atoms with Crippen molar-refractivity contribution in [3.05, 3.63) is 36.1 Å². The fourth-order valence-electron chi connectivity index (χ4n) is 2.73. The van der Waals surface area contributed by atoms with Crippen molar-refractivity contribution in [2.24, 2.45) is 17.8 Å². The molecule has 0 fully saturated rings. The predicted octanol–water partition coefficient (Wildman–Crippen LogP) is 4.45. The number of rotatable bonds is 6. The molecule has 0 spiro atoms. The highest BCUT2D eigenvalue weighted by Crippen LogP contribution is 2.21. The van der Waals surface area contributed by atoms with Gasteiger partial charge in [0.1, 0.15) is 11.3 Å². The lowest BCUT2D eigenvalue weighted by atomic mass is 9.85. The molecule has 0 unspecified atom stereocenters. The summed E-state index contributed by atoms with van der Waals surface area (Å²) in [6.45, 7) is 11.1. The van der Waals surface area contributed by atoms with Crippen LogP contribution in [0.15, 0.2) is 34.7 Å². The van der Waals surface area contributed by atoms with Gasteiger partial charge in [-0.2, -0.15) is 0 Å². The molecule has 19 heavy (non-hydrogen) atoms. The summed E-state index contributed by atoms with van der Waals surface area (Å²) in [5, 5.41) is 4.72. The van der Waals surface area contributed by atoms with Crippen molar-refractivity contribution in [3.63, 3.8) is 0 Å². The van der Waals surface area contributed by atoms with Crippen LogP contribution in [0.3, 0.4) is 0 Å². The van der Waals surface area contributed by atoms with Gasteiger partial charge in [0.25, 0.3) is 0 Å². The highest BCUT2D eigenvalue weighted by molar-refractivity contribution is 5.77. The average molecular weight is 259 g/mol. The van der Waals surface area contributed by atoms with Gasteiger partial charge in [-0.05, 0) is 36.4 Å². The molecule has 104 valence electrons. The maximum absolute atomic E-state index is 5.81. The maximum atomic E-state index is 5.81. The van der Waals surface area contributed by atoms with Gasteiger partial charge in [-0.25, -0.2) is 0 Å². The summed E-state index contributed by atoms with van der Waals surface area (Å²) in [5.74, 6) is 3.16. The first-order chi connectivity index (χ1) is 9.08. The van der Waals surface area contributed by atoms with E-state index in [0.29, 0.717) is 17.8 Å². The molecule has 2 nitrogen and oxygen atoms in total. The third kappa shape index (κ3) is 3.60. The zero-order chi connectivity index (χ0) is 13.8. The Balaban J connectivity index is 1.91. The molecule has 1 N–H and O–H groups in total. The van der Waals surface area contributed by atoms with Crippen LogP contribution in [0.2, 0.25) is 0 Å². The molecule has 0 aliphatic heterocycles. The number of para-hydroxylation sites is 1. The van der Waals surface area contributed by atoms with E-state index in [0.717, 1.165) is 24.4 Å². The Labute approximate surface area is 116 Å². The van der Waals surface area contributed by atoms with Crippen LogP contribution in [0.5, 0.6) is 0 Å². The SMILES string of the molecule is CC(C)C(CNCc1cc2ccccc2o1)C(C)C. The summed E-state index contributed by atoms with van der Waals surface area (Å²) in [6.07, 6.45) is 0. The van der Waals surface area contributed by atoms with Crippen molar-refractivity contribution < 1.29 is 4.42 Å². The molecule has 0 atom stereocenters. The Morgan fingerprint density at radius 2 is 1.74 bits per heavy atom. The summed E-state index contributed by atoms with van der Waals surface area (Å²) in [5.41, 5.74) is 0.976. The van der Waals surface area contributed by atoms with E-state index in [1.165, 1.54) is 5.39 Å². The van der Waals surface area contributed by atoms with Crippen LogP contribution in [0.1, 0.15) is 33.5 Å². The quantitative estimate of drug-likeness (QED) is 0.829. The van der Waals surface area contributed by atoms with Gasteiger partial charge in [0.2, 0.25) is 0 Å². The molecule has 0 saturated carbocycles. The molecule has 2 heteroatoms. The number of hydrogen-bond donors (Lipinski definition) is 1. The van der Waals surface area contributed by atoms with Crippen molar-refractivity contribution in [3.8, 4) is 0 Å². The average Bonchev–Trinajstić information content (AvgIpc) is 2.76. The Hall–Kier alpha value is -1.28. The molecular weight excluding hydrogens is 234 g/mol. The third-order valence-corrected chi connectivity index (χ3v) is 3.87. The fourth-order valence-corrected chi connectivity index (χ4v) is 2.73. The van der Waals surface area contributed by atoms with Crippen LogP contribution in [0.25, 0.3) is 11.0 Å². The molecule has 1 aromatic carbocycles. The zero-order valence-corrected chi connectivity index (χ0v) is 12.4. The second-order valence-electron chi connectivity index (χ2n) is 6.03. The van der Waals surface area contributed by atoms with Crippen LogP contribution in [-0.4, -0.2) is 6.54 Å². The molecule has 0 saturated heterocycles. The van der Waals surface area contributed by atoms with E-state index in [4.69, 9.17) is 4.42 Å². The zero-order valence-electron chi connectivity index (χ0n) is 12.4. The predicted molar refractivity (Wildman–Crippen MR) is 81.1 cm³/mol. The van der Waals surface area contributed by atoms with Crippen LogP contribution in [0.4, 0.5) is 0 Å². The van der Waals surface area contributed by atoms with E-state index in [1.54, 1.807) is 0 Å². The minimum Gasteiger partial charge on any atom is -0.460 e.